The molecule has 0 aromatic carbocycles. The first-order chi connectivity index (χ1) is 8.60. The first-order valence-corrected chi connectivity index (χ1v) is 6.66. The summed E-state index contributed by atoms with van der Waals surface area (Å²) in [6.45, 7) is 2.01. The van der Waals surface area contributed by atoms with Crippen molar-refractivity contribution in [2.45, 2.75) is 19.4 Å². The Balaban J connectivity index is 2.22. The van der Waals surface area contributed by atoms with Crippen molar-refractivity contribution in [2.24, 2.45) is 7.05 Å². The number of nitrogens with one attached hydrogen (secondary N) is 1. The standard InChI is InChI=1S/C13H17BrN4/c1-9-4-13(18(3)17-9)12(15-2)6-10-5-11(14)8-16-7-10/h4-5,7-8,12,15H,6H2,1-3H3. The van der Waals surface area contributed by atoms with Crippen molar-refractivity contribution in [3.63, 3.8) is 0 Å². The highest BCUT2D eigenvalue weighted by Gasteiger charge is 2.15. The molecule has 2 aromatic rings. The highest BCUT2D eigenvalue weighted by atomic mass is 79.9. The van der Waals surface area contributed by atoms with E-state index in [2.05, 4.69) is 43.5 Å². The quantitative estimate of drug-likeness (QED) is 0.943. The van der Waals surface area contributed by atoms with E-state index in [0.717, 1.165) is 16.6 Å². The lowest BCUT2D eigenvalue weighted by Crippen LogP contribution is -2.21. The van der Waals surface area contributed by atoms with Gasteiger partial charge in [0, 0.05) is 23.9 Å². The van der Waals surface area contributed by atoms with E-state index < -0.39 is 0 Å². The highest BCUT2D eigenvalue weighted by molar-refractivity contribution is 9.10. The lowest BCUT2D eigenvalue weighted by Gasteiger charge is -2.16. The molecule has 0 saturated carbocycles. The normalized spacial score (nSPS) is 12.7. The van der Waals surface area contributed by atoms with Crippen molar-refractivity contribution in [2.75, 3.05) is 7.05 Å². The van der Waals surface area contributed by atoms with Gasteiger partial charge >= 0.3 is 0 Å². The zero-order valence-electron chi connectivity index (χ0n) is 10.8. The molecule has 0 bridgehead atoms. The van der Waals surface area contributed by atoms with Gasteiger partial charge in [-0.25, -0.2) is 0 Å². The molecule has 0 amide bonds. The molecule has 1 atom stereocenters. The van der Waals surface area contributed by atoms with Gasteiger partial charge in [-0.05, 0) is 54.0 Å². The smallest absolute Gasteiger partial charge is 0.0597 e. The van der Waals surface area contributed by atoms with Crippen LogP contribution in [0.15, 0.2) is 29.0 Å². The van der Waals surface area contributed by atoms with Gasteiger partial charge in [0.2, 0.25) is 0 Å². The van der Waals surface area contributed by atoms with Gasteiger partial charge in [0.25, 0.3) is 0 Å². The molecular weight excluding hydrogens is 292 g/mol. The number of halogens is 1. The molecule has 5 heteroatoms. The lowest BCUT2D eigenvalue weighted by atomic mass is 10.0. The Morgan fingerprint density at radius 3 is 2.72 bits per heavy atom. The Bertz CT molecular complexity index is 536. The van der Waals surface area contributed by atoms with Crippen LogP contribution in [0.4, 0.5) is 0 Å². The van der Waals surface area contributed by atoms with Crippen LogP contribution >= 0.6 is 15.9 Å². The second-order valence-corrected chi connectivity index (χ2v) is 5.31. The number of nitrogens with zero attached hydrogens (tertiary/aromatic N) is 3. The summed E-state index contributed by atoms with van der Waals surface area (Å²) in [7, 11) is 3.95. The minimum atomic E-state index is 0.243. The molecule has 1 unspecified atom stereocenters. The summed E-state index contributed by atoms with van der Waals surface area (Å²) >= 11 is 3.45. The van der Waals surface area contributed by atoms with Crippen LogP contribution in [0.5, 0.6) is 0 Å². The van der Waals surface area contributed by atoms with Crippen LogP contribution in [-0.4, -0.2) is 21.8 Å². The van der Waals surface area contributed by atoms with Crippen LogP contribution in [0, 0.1) is 6.92 Å². The van der Waals surface area contributed by atoms with Gasteiger partial charge in [0.05, 0.1) is 17.4 Å². The third-order valence-electron chi connectivity index (χ3n) is 2.94. The minimum Gasteiger partial charge on any atom is -0.311 e. The zero-order chi connectivity index (χ0) is 13.1. The number of hydrogen-bond acceptors (Lipinski definition) is 3. The molecule has 1 N–H and O–H groups in total. The Morgan fingerprint density at radius 2 is 2.17 bits per heavy atom. The number of rotatable bonds is 4. The van der Waals surface area contributed by atoms with E-state index in [1.54, 1.807) is 6.20 Å². The monoisotopic (exact) mass is 308 g/mol. The van der Waals surface area contributed by atoms with E-state index in [0.29, 0.717) is 0 Å². The van der Waals surface area contributed by atoms with Crippen LogP contribution in [0.2, 0.25) is 0 Å². The SMILES string of the molecule is CNC(Cc1cncc(Br)c1)c1cc(C)nn1C. The molecule has 0 aliphatic carbocycles. The van der Waals surface area contributed by atoms with Gasteiger partial charge in [0.15, 0.2) is 0 Å². The van der Waals surface area contributed by atoms with E-state index in [9.17, 15) is 0 Å². The molecule has 0 fully saturated rings. The van der Waals surface area contributed by atoms with E-state index in [4.69, 9.17) is 0 Å². The van der Waals surface area contributed by atoms with E-state index >= 15 is 0 Å². The first kappa shape index (κ1) is 13.2. The van der Waals surface area contributed by atoms with Crippen LogP contribution in [0.25, 0.3) is 0 Å². The largest absolute Gasteiger partial charge is 0.311 e. The zero-order valence-corrected chi connectivity index (χ0v) is 12.4. The van der Waals surface area contributed by atoms with Crippen molar-refractivity contribution in [1.29, 1.82) is 0 Å². The van der Waals surface area contributed by atoms with Gasteiger partial charge in [0.1, 0.15) is 0 Å². The topological polar surface area (TPSA) is 42.7 Å². The second-order valence-electron chi connectivity index (χ2n) is 4.39. The molecule has 0 aliphatic rings. The third kappa shape index (κ3) is 2.97. The van der Waals surface area contributed by atoms with E-state index in [1.165, 1.54) is 11.3 Å². The second kappa shape index (κ2) is 5.63. The maximum absolute atomic E-state index is 4.39. The van der Waals surface area contributed by atoms with Gasteiger partial charge in [-0.15, -0.1) is 0 Å². The first-order valence-electron chi connectivity index (χ1n) is 5.87. The number of aromatic nitrogens is 3. The molecule has 18 heavy (non-hydrogen) atoms. The molecule has 0 spiro atoms. The molecule has 2 rings (SSSR count). The Hall–Kier alpha value is -1.20. The average Bonchev–Trinajstić information content (AvgIpc) is 2.65. The number of aryl methyl sites for hydroxylation is 2. The predicted octanol–water partition coefficient (Wildman–Crippen LogP) is 2.39. The van der Waals surface area contributed by atoms with Gasteiger partial charge < -0.3 is 5.32 Å². The fourth-order valence-corrected chi connectivity index (χ4v) is 2.53. The average molecular weight is 309 g/mol. The molecule has 0 saturated heterocycles. The van der Waals surface area contributed by atoms with Gasteiger partial charge in [-0.2, -0.15) is 5.10 Å². The molecule has 96 valence electrons. The summed E-state index contributed by atoms with van der Waals surface area (Å²) in [5.41, 5.74) is 3.43. The van der Waals surface area contributed by atoms with Crippen LogP contribution in [-0.2, 0) is 13.5 Å². The van der Waals surface area contributed by atoms with Crippen molar-refractivity contribution >= 4 is 15.9 Å². The maximum Gasteiger partial charge on any atom is 0.0597 e. The lowest BCUT2D eigenvalue weighted by molar-refractivity contribution is 0.536. The Morgan fingerprint density at radius 1 is 1.39 bits per heavy atom. The van der Waals surface area contributed by atoms with Crippen molar-refractivity contribution in [3.8, 4) is 0 Å². The molecule has 2 aromatic heterocycles. The molecule has 2 heterocycles. The van der Waals surface area contributed by atoms with Gasteiger partial charge in [-0.3, -0.25) is 9.67 Å². The van der Waals surface area contributed by atoms with Crippen LogP contribution < -0.4 is 5.32 Å². The fourth-order valence-electron chi connectivity index (χ4n) is 2.11. The highest BCUT2D eigenvalue weighted by Crippen LogP contribution is 2.20. The number of hydrogen-bond donors (Lipinski definition) is 1. The van der Waals surface area contributed by atoms with Crippen LogP contribution in [0.1, 0.15) is 23.0 Å². The summed E-state index contributed by atoms with van der Waals surface area (Å²) in [5.74, 6) is 0. The van der Waals surface area contributed by atoms with E-state index in [1.807, 2.05) is 31.9 Å². The molecule has 0 aliphatic heterocycles. The predicted molar refractivity (Wildman–Crippen MR) is 75.4 cm³/mol. The molecule has 4 nitrogen and oxygen atoms in total. The van der Waals surface area contributed by atoms with Crippen LogP contribution in [0.3, 0.4) is 0 Å². The summed E-state index contributed by atoms with van der Waals surface area (Å²) in [5, 5.41) is 7.73. The summed E-state index contributed by atoms with van der Waals surface area (Å²) in [6, 6.07) is 4.46. The maximum atomic E-state index is 4.39. The molecule has 0 radical (unpaired) electrons. The summed E-state index contributed by atoms with van der Waals surface area (Å²) in [6.07, 6.45) is 4.59. The Labute approximate surface area is 116 Å². The van der Waals surface area contributed by atoms with Crippen molar-refractivity contribution in [3.05, 3.63) is 46.0 Å². The Kier molecular flexibility index (Phi) is 4.14. The minimum absolute atomic E-state index is 0.243. The fraction of sp³-hybridized carbons (Fsp3) is 0.385. The summed E-state index contributed by atoms with van der Waals surface area (Å²) in [4.78, 5) is 4.20. The van der Waals surface area contributed by atoms with Gasteiger partial charge in [-0.1, -0.05) is 0 Å². The molecular formula is C13H17BrN4. The number of likely N-dealkylation sites (N-methyl/N-ethyl adjacent to an activating group) is 1. The van der Waals surface area contributed by atoms with Crippen molar-refractivity contribution in [1.82, 2.24) is 20.1 Å². The number of pyridine rings is 1. The van der Waals surface area contributed by atoms with E-state index in [-0.39, 0.29) is 6.04 Å². The van der Waals surface area contributed by atoms with Crippen molar-refractivity contribution < 1.29 is 0 Å². The summed E-state index contributed by atoms with van der Waals surface area (Å²) < 4.78 is 2.94. The third-order valence-corrected chi connectivity index (χ3v) is 3.38.